The Kier molecular flexibility index (Phi) is 3.32. The summed E-state index contributed by atoms with van der Waals surface area (Å²) >= 11 is 0. The summed E-state index contributed by atoms with van der Waals surface area (Å²) in [7, 11) is 0. The van der Waals surface area contributed by atoms with Gasteiger partial charge in [-0.3, -0.25) is 0 Å². The van der Waals surface area contributed by atoms with Gasteiger partial charge in [-0.25, -0.2) is 0 Å². The van der Waals surface area contributed by atoms with Gasteiger partial charge in [0.05, 0.1) is 0 Å². The first-order chi connectivity index (χ1) is 6.15. The number of aliphatic hydroxyl groups excluding tert-OH is 1. The van der Waals surface area contributed by atoms with Crippen LogP contribution >= 0.6 is 0 Å². The average Bonchev–Trinajstić information content (AvgIpc) is 2.51. The van der Waals surface area contributed by atoms with E-state index in [0.717, 1.165) is 17.8 Å². The number of hydrogen-bond donors (Lipinski definition) is 1. The highest BCUT2D eigenvalue weighted by atomic mass is 16.4. The molecule has 1 aromatic heterocycles. The minimum absolute atomic E-state index is 0.589. The van der Waals surface area contributed by atoms with Gasteiger partial charge < -0.3 is 9.52 Å². The molecule has 0 amide bonds. The van der Waals surface area contributed by atoms with Crippen molar-refractivity contribution < 1.29 is 9.52 Å². The number of aliphatic hydroxyl groups is 1. The van der Waals surface area contributed by atoms with E-state index in [2.05, 4.69) is 0 Å². The van der Waals surface area contributed by atoms with Crippen LogP contribution in [0.5, 0.6) is 0 Å². The van der Waals surface area contributed by atoms with E-state index in [1.165, 1.54) is 0 Å². The molecule has 2 heteroatoms. The van der Waals surface area contributed by atoms with E-state index in [1.54, 1.807) is 0 Å². The van der Waals surface area contributed by atoms with E-state index in [4.69, 9.17) is 4.42 Å². The molecule has 1 aromatic rings. The van der Waals surface area contributed by atoms with Crippen molar-refractivity contribution in [2.45, 2.75) is 33.3 Å². The fourth-order valence-corrected chi connectivity index (χ4v) is 1.26. The molecule has 1 atom stereocenters. The second-order valence-corrected chi connectivity index (χ2v) is 3.21. The van der Waals surface area contributed by atoms with Gasteiger partial charge in [-0.1, -0.05) is 13.0 Å². The summed E-state index contributed by atoms with van der Waals surface area (Å²) in [5.41, 5.74) is 0.942. The lowest BCUT2D eigenvalue weighted by Gasteiger charge is -2.07. The number of rotatable bonds is 3. The van der Waals surface area contributed by atoms with Gasteiger partial charge in [0.2, 0.25) is 0 Å². The van der Waals surface area contributed by atoms with Crippen LogP contribution in [0.3, 0.4) is 0 Å². The lowest BCUT2D eigenvalue weighted by atomic mass is 10.1. The zero-order chi connectivity index (χ0) is 9.84. The van der Waals surface area contributed by atoms with Crippen molar-refractivity contribution in [2.75, 3.05) is 0 Å². The molecular formula is C11H16O2. The van der Waals surface area contributed by atoms with E-state index in [-0.39, 0.29) is 0 Å². The quantitative estimate of drug-likeness (QED) is 0.725. The van der Waals surface area contributed by atoms with Crippen LogP contribution in [0.4, 0.5) is 0 Å². The molecule has 0 saturated heterocycles. The molecule has 0 aliphatic heterocycles. The summed E-state index contributed by atoms with van der Waals surface area (Å²) in [4.78, 5) is 0. The van der Waals surface area contributed by atoms with Gasteiger partial charge in [0.25, 0.3) is 0 Å². The minimum Gasteiger partial charge on any atom is -0.463 e. The van der Waals surface area contributed by atoms with Gasteiger partial charge in [-0.05, 0) is 38.0 Å². The minimum atomic E-state index is -0.589. The Bertz CT molecular complexity index is 297. The van der Waals surface area contributed by atoms with E-state index < -0.39 is 6.10 Å². The predicted molar refractivity (Wildman–Crippen MR) is 52.5 cm³/mol. The molecule has 0 aliphatic carbocycles. The molecule has 1 N–H and O–H groups in total. The molecule has 0 bridgehead atoms. The molecule has 0 radical (unpaired) electrons. The van der Waals surface area contributed by atoms with Gasteiger partial charge in [0.1, 0.15) is 17.6 Å². The standard InChI is InChI=1S/C11H16O2/c1-4-5-8(2)11(12)10-7-6-9(3)13-10/h5-7,11-12H,4H2,1-3H3/b8-5-. The molecule has 13 heavy (non-hydrogen) atoms. The molecule has 0 aromatic carbocycles. The Hall–Kier alpha value is -1.02. The highest BCUT2D eigenvalue weighted by molar-refractivity contribution is 5.17. The first-order valence-electron chi connectivity index (χ1n) is 4.56. The third kappa shape index (κ3) is 2.46. The number of aryl methyl sites for hydroxylation is 1. The second-order valence-electron chi connectivity index (χ2n) is 3.21. The van der Waals surface area contributed by atoms with Crippen molar-refractivity contribution in [2.24, 2.45) is 0 Å². The van der Waals surface area contributed by atoms with Gasteiger partial charge in [0, 0.05) is 0 Å². The van der Waals surface area contributed by atoms with Crippen LogP contribution in [0.15, 0.2) is 28.2 Å². The SMILES string of the molecule is CC/C=C(/C)C(O)c1ccc(C)o1. The van der Waals surface area contributed by atoms with Crippen LogP contribution in [0.25, 0.3) is 0 Å². The summed E-state index contributed by atoms with van der Waals surface area (Å²) in [5.74, 6) is 1.46. The van der Waals surface area contributed by atoms with Crippen molar-refractivity contribution in [3.8, 4) is 0 Å². The van der Waals surface area contributed by atoms with Crippen molar-refractivity contribution >= 4 is 0 Å². The zero-order valence-electron chi connectivity index (χ0n) is 8.37. The van der Waals surface area contributed by atoms with Crippen LogP contribution in [-0.2, 0) is 0 Å². The van der Waals surface area contributed by atoms with E-state index in [1.807, 2.05) is 39.0 Å². The van der Waals surface area contributed by atoms with Crippen molar-refractivity contribution in [3.63, 3.8) is 0 Å². The summed E-state index contributed by atoms with van der Waals surface area (Å²) in [5, 5.41) is 9.77. The van der Waals surface area contributed by atoms with Gasteiger partial charge in [-0.2, -0.15) is 0 Å². The highest BCUT2D eigenvalue weighted by Gasteiger charge is 2.12. The van der Waals surface area contributed by atoms with Gasteiger partial charge in [0.15, 0.2) is 0 Å². The van der Waals surface area contributed by atoms with E-state index in [9.17, 15) is 5.11 Å². The Morgan fingerprint density at radius 1 is 1.62 bits per heavy atom. The highest BCUT2D eigenvalue weighted by Crippen LogP contribution is 2.23. The van der Waals surface area contributed by atoms with Crippen LogP contribution in [0.1, 0.15) is 37.9 Å². The average molecular weight is 180 g/mol. The summed E-state index contributed by atoms with van der Waals surface area (Å²) < 4.78 is 5.32. The molecular weight excluding hydrogens is 164 g/mol. The van der Waals surface area contributed by atoms with Crippen molar-refractivity contribution in [3.05, 3.63) is 35.3 Å². The molecule has 1 heterocycles. The van der Waals surface area contributed by atoms with Gasteiger partial charge in [-0.15, -0.1) is 0 Å². The normalized spacial score (nSPS) is 14.6. The molecule has 1 unspecified atom stereocenters. The zero-order valence-corrected chi connectivity index (χ0v) is 8.37. The van der Waals surface area contributed by atoms with Crippen LogP contribution in [-0.4, -0.2) is 5.11 Å². The first-order valence-corrected chi connectivity index (χ1v) is 4.56. The maximum absolute atomic E-state index is 9.77. The fraction of sp³-hybridized carbons (Fsp3) is 0.455. The van der Waals surface area contributed by atoms with E-state index >= 15 is 0 Å². The van der Waals surface area contributed by atoms with E-state index in [0.29, 0.717) is 5.76 Å². The van der Waals surface area contributed by atoms with Crippen LogP contribution in [0.2, 0.25) is 0 Å². The molecule has 0 aliphatic rings. The Morgan fingerprint density at radius 2 is 2.31 bits per heavy atom. The smallest absolute Gasteiger partial charge is 0.136 e. The largest absolute Gasteiger partial charge is 0.463 e. The van der Waals surface area contributed by atoms with Crippen LogP contribution in [0, 0.1) is 6.92 Å². The maximum Gasteiger partial charge on any atom is 0.136 e. The first kappa shape index (κ1) is 10.1. The Morgan fingerprint density at radius 3 is 2.77 bits per heavy atom. The molecule has 0 spiro atoms. The Balaban J connectivity index is 2.78. The number of furan rings is 1. The molecule has 1 rings (SSSR count). The summed E-state index contributed by atoms with van der Waals surface area (Å²) in [6.45, 7) is 5.82. The molecule has 0 saturated carbocycles. The fourth-order valence-electron chi connectivity index (χ4n) is 1.26. The number of hydrogen-bond acceptors (Lipinski definition) is 2. The Labute approximate surface area is 78.9 Å². The van der Waals surface area contributed by atoms with Gasteiger partial charge >= 0.3 is 0 Å². The van der Waals surface area contributed by atoms with Crippen LogP contribution < -0.4 is 0 Å². The summed E-state index contributed by atoms with van der Waals surface area (Å²) in [6.07, 6.45) is 2.35. The third-order valence-corrected chi connectivity index (χ3v) is 1.99. The predicted octanol–water partition coefficient (Wildman–Crippen LogP) is 2.98. The molecule has 2 nitrogen and oxygen atoms in total. The maximum atomic E-state index is 9.77. The second kappa shape index (κ2) is 4.28. The van der Waals surface area contributed by atoms with Crippen molar-refractivity contribution in [1.29, 1.82) is 0 Å². The monoisotopic (exact) mass is 180 g/mol. The molecule has 72 valence electrons. The number of allylic oxidation sites excluding steroid dienone is 1. The van der Waals surface area contributed by atoms with Crippen molar-refractivity contribution in [1.82, 2.24) is 0 Å². The summed E-state index contributed by atoms with van der Waals surface area (Å²) in [6, 6.07) is 3.67. The molecule has 0 fully saturated rings. The lowest BCUT2D eigenvalue weighted by Crippen LogP contribution is -1.96. The lowest BCUT2D eigenvalue weighted by molar-refractivity contribution is 0.183. The topological polar surface area (TPSA) is 33.4 Å². The third-order valence-electron chi connectivity index (χ3n) is 1.99.